The van der Waals surface area contributed by atoms with Crippen molar-refractivity contribution in [3.05, 3.63) is 29.8 Å². The summed E-state index contributed by atoms with van der Waals surface area (Å²) in [4.78, 5) is 11.7. The van der Waals surface area contributed by atoms with Crippen molar-refractivity contribution in [3.8, 4) is 5.75 Å². The van der Waals surface area contributed by atoms with Crippen LogP contribution in [-0.2, 0) is 19.2 Å². The molecule has 0 amide bonds. The van der Waals surface area contributed by atoms with Gasteiger partial charge in [-0.25, -0.2) is 9.78 Å². The molecule has 8 nitrogen and oxygen atoms in total. The van der Waals surface area contributed by atoms with E-state index in [4.69, 9.17) is 24.2 Å². The van der Waals surface area contributed by atoms with Gasteiger partial charge in [-0.1, -0.05) is 12.1 Å². The molecule has 2 N–H and O–H groups in total. The first-order valence-electron chi connectivity index (χ1n) is 9.85. The number of rotatable bonds is 15. The van der Waals surface area contributed by atoms with Crippen molar-refractivity contribution >= 4 is 0 Å². The van der Waals surface area contributed by atoms with Crippen molar-refractivity contribution < 1.29 is 29.1 Å². The number of hydrogen-bond acceptors (Lipinski definition) is 8. The summed E-state index contributed by atoms with van der Waals surface area (Å²) in [5.41, 5.74) is 1.22. The van der Waals surface area contributed by atoms with E-state index in [1.54, 1.807) is 0 Å². The highest BCUT2D eigenvalue weighted by Gasteiger charge is 2.25. The Hall–Kier alpha value is -1.26. The number of hydrogen-bond donors (Lipinski definition) is 2. The van der Waals surface area contributed by atoms with Crippen LogP contribution in [0.2, 0.25) is 0 Å². The predicted octanol–water partition coefficient (Wildman–Crippen LogP) is 1.00. The number of likely N-dealkylation sites (tertiary alicyclic amines) is 1. The van der Waals surface area contributed by atoms with Crippen LogP contribution in [0.4, 0.5) is 0 Å². The summed E-state index contributed by atoms with van der Waals surface area (Å²) in [6.07, 6.45) is 1.29. The van der Waals surface area contributed by atoms with E-state index in [1.807, 2.05) is 19.2 Å². The quantitative estimate of drug-likeness (QED) is 0.257. The molecule has 1 heterocycles. The summed E-state index contributed by atoms with van der Waals surface area (Å²) in [5.74, 6) is 0.776. The van der Waals surface area contributed by atoms with Crippen LogP contribution in [0.25, 0.3) is 0 Å². The molecule has 0 aromatic heterocycles. The second kappa shape index (κ2) is 13.8. The highest BCUT2D eigenvalue weighted by atomic mass is 17.2. The molecule has 28 heavy (non-hydrogen) atoms. The summed E-state index contributed by atoms with van der Waals surface area (Å²) in [6.45, 7) is 5.31. The van der Waals surface area contributed by atoms with Gasteiger partial charge in [0.2, 0.25) is 0 Å². The predicted molar refractivity (Wildman–Crippen MR) is 105 cm³/mol. The summed E-state index contributed by atoms with van der Waals surface area (Å²) in [5, 5.41) is 12.2. The van der Waals surface area contributed by atoms with Gasteiger partial charge in [-0.15, -0.1) is 0 Å². The zero-order chi connectivity index (χ0) is 20.0. The Morgan fingerprint density at radius 2 is 1.93 bits per heavy atom. The molecule has 1 aliphatic heterocycles. The van der Waals surface area contributed by atoms with Crippen molar-refractivity contribution in [3.63, 3.8) is 0 Å². The lowest BCUT2D eigenvalue weighted by Crippen LogP contribution is -2.33. The van der Waals surface area contributed by atoms with E-state index < -0.39 is 0 Å². The van der Waals surface area contributed by atoms with Gasteiger partial charge in [0.05, 0.1) is 39.6 Å². The summed E-state index contributed by atoms with van der Waals surface area (Å²) in [6, 6.07) is 8.28. The van der Waals surface area contributed by atoms with E-state index in [0.717, 1.165) is 31.8 Å². The molecule has 2 atom stereocenters. The molecule has 1 aromatic carbocycles. The van der Waals surface area contributed by atoms with Gasteiger partial charge in [0.1, 0.15) is 19.0 Å². The van der Waals surface area contributed by atoms with Crippen LogP contribution in [0, 0.1) is 0 Å². The van der Waals surface area contributed by atoms with Gasteiger partial charge >= 0.3 is 0 Å². The number of nitrogens with one attached hydrogen (secondary N) is 1. The third-order valence-corrected chi connectivity index (χ3v) is 4.67. The second-order valence-corrected chi connectivity index (χ2v) is 6.62. The van der Waals surface area contributed by atoms with Crippen LogP contribution in [0.5, 0.6) is 5.75 Å². The molecule has 2 unspecified atom stereocenters. The van der Waals surface area contributed by atoms with E-state index >= 15 is 0 Å². The van der Waals surface area contributed by atoms with Crippen molar-refractivity contribution in [1.82, 2.24) is 10.2 Å². The van der Waals surface area contributed by atoms with E-state index in [9.17, 15) is 0 Å². The largest absolute Gasteiger partial charge is 0.491 e. The van der Waals surface area contributed by atoms with Crippen molar-refractivity contribution in [2.45, 2.75) is 18.6 Å². The number of ether oxygens (including phenoxy) is 3. The van der Waals surface area contributed by atoms with E-state index in [2.05, 4.69) is 27.2 Å². The van der Waals surface area contributed by atoms with Crippen LogP contribution in [0.3, 0.4) is 0 Å². The van der Waals surface area contributed by atoms with Gasteiger partial charge in [0.25, 0.3) is 0 Å². The molecular weight excluding hydrogens is 364 g/mol. The van der Waals surface area contributed by atoms with E-state index in [-0.39, 0.29) is 18.8 Å². The minimum absolute atomic E-state index is 0.0213. The highest BCUT2D eigenvalue weighted by molar-refractivity contribution is 5.29. The summed E-state index contributed by atoms with van der Waals surface area (Å²) < 4.78 is 16.8. The molecule has 0 radical (unpaired) electrons. The smallest absolute Gasteiger partial charge is 0.119 e. The minimum atomic E-state index is 0.0213. The second-order valence-electron chi connectivity index (χ2n) is 6.62. The van der Waals surface area contributed by atoms with Crippen LogP contribution in [0.1, 0.15) is 18.0 Å². The number of benzene rings is 1. The van der Waals surface area contributed by atoms with Crippen LogP contribution in [-0.4, -0.2) is 89.5 Å². The number of likely N-dealkylation sites (N-methyl/N-ethyl adjacent to an activating group) is 1. The third kappa shape index (κ3) is 8.40. The summed E-state index contributed by atoms with van der Waals surface area (Å²) >= 11 is 0. The first kappa shape index (κ1) is 23.0. The summed E-state index contributed by atoms with van der Waals surface area (Å²) in [7, 11) is 3.46. The van der Waals surface area contributed by atoms with Gasteiger partial charge in [-0.3, -0.25) is 4.90 Å². The maximum Gasteiger partial charge on any atom is 0.119 e. The Bertz CT molecular complexity index is 516. The Balaban J connectivity index is 1.66. The number of nitrogens with zero attached hydrogens (tertiary/aromatic N) is 1. The van der Waals surface area contributed by atoms with E-state index in [0.29, 0.717) is 33.0 Å². The Kier molecular flexibility index (Phi) is 11.4. The Morgan fingerprint density at radius 3 is 2.64 bits per heavy atom. The Morgan fingerprint density at radius 1 is 1.14 bits per heavy atom. The fourth-order valence-electron chi connectivity index (χ4n) is 3.23. The Labute approximate surface area is 167 Å². The number of aliphatic hydroxyl groups is 1. The topological polar surface area (TPSA) is 81.7 Å². The SMILES string of the molecule is CNC(CN1CCC(OCCOCCOOC)C1)c1ccc(OCCO)cc1. The molecule has 1 aromatic rings. The van der Waals surface area contributed by atoms with E-state index in [1.165, 1.54) is 12.7 Å². The van der Waals surface area contributed by atoms with Crippen molar-refractivity contribution in [2.75, 3.05) is 73.4 Å². The average Bonchev–Trinajstić information content (AvgIpc) is 3.17. The van der Waals surface area contributed by atoms with Gasteiger partial charge < -0.3 is 24.6 Å². The monoisotopic (exact) mass is 398 g/mol. The molecule has 0 saturated carbocycles. The van der Waals surface area contributed by atoms with Crippen LogP contribution < -0.4 is 10.1 Å². The molecule has 160 valence electrons. The third-order valence-electron chi connectivity index (χ3n) is 4.67. The molecule has 1 aliphatic rings. The van der Waals surface area contributed by atoms with Crippen molar-refractivity contribution in [2.24, 2.45) is 0 Å². The standard InChI is InChI=1S/C20H34N2O6/c1-21-20(17-3-5-18(6-4-17)26-10-9-23)16-22-8-7-19(15-22)27-13-11-25-12-14-28-24-2/h3-6,19-21,23H,7-16H2,1-2H3. The zero-order valence-corrected chi connectivity index (χ0v) is 17.0. The average molecular weight is 399 g/mol. The zero-order valence-electron chi connectivity index (χ0n) is 17.0. The fourth-order valence-corrected chi connectivity index (χ4v) is 3.23. The molecule has 2 rings (SSSR count). The minimum Gasteiger partial charge on any atom is -0.491 e. The van der Waals surface area contributed by atoms with Crippen molar-refractivity contribution in [1.29, 1.82) is 0 Å². The molecule has 0 spiro atoms. The molecule has 0 aliphatic carbocycles. The number of aliphatic hydroxyl groups excluding tert-OH is 1. The molecule has 0 bridgehead atoms. The fraction of sp³-hybridized carbons (Fsp3) is 0.700. The first-order chi connectivity index (χ1) is 13.8. The molecule has 1 saturated heterocycles. The maximum absolute atomic E-state index is 8.83. The molecule has 1 fully saturated rings. The lowest BCUT2D eigenvalue weighted by molar-refractivity contribution is -0.278. The highest BCUT2D eigenvalue weighted by Crippen LogP contribution is 2.21. The van der Waals surface area contributed by atoms with Crippen LogP contribution in [0.15, 0.2) is 24.3 Å². The molecule has 8 heteroatoms. The normalized spacial score (nSPS) is 18.5. The first-order valence-corrected chi connectivity index (χ1v) is 9.85. The maximum atomic E-state index is 8.83. The molecular formula is C20H34N2O6. The lowest BCUT2D eigenvalue weighted by Gasteiger charge is -2.24. The van der Waals surface area contributed by atoms with Crippen LogP contribution >= 0.6 is 0 Å². The van der Waals surface area contributed by atoms with Gasteiger partial charge in [0, 0.05) is 25.7 Å². The van der Waals surface area contributed by atoms with Gasteiger partial charge in [-0.05, 0) is 31.2 Å². The van der Waals surface area contributed by atoms with Gasteiger partial charge in [0.15, 0.2) is 0 Å². The van der Waals surface area contributed by atoms with Gasteiger partial charge in [-0.2, -0.15) is 0 Å². The lowest BCUT2D eigenvalue weighted by atomic mass is 10.1.